The number of carbonyl (C=O) groups is 2. The Bertz CT molecular complexity index is 1260. The van der Waals surface area contributed by atoms with Gasteiger partial charge in [0.15, 0.2) is 5.76 Å². The Hall–Kier alpha value is -3.63. The molecule has 9 nitrogen and oxygen atoms in total. The number of nitrogens with one attached hydrogen (secondary N) is 1. The highest BCUT2D eigenvalue weighted by atomic mass is 32.2. The Morgan fingerprint density at radius 2 is 1.70 bits per heavy atom. The molecule has 2 aromatic carbocycles. The van der Waals surface area contributed by atoms with Gasteiger partial charge in [-0.25, -0.2) is 8.42 Å². The van der Waals surface area contributed by atoms with Crippen molar-refractivity contribution in [1.29, 1.82) is 0 Å². The van der Waals surface area contributed by atoms with Crippen LogP contribution in [0.5, 0.6) is 5.75 Å². The van der Waals surface area contributed by atoms with Crippen LogP contribution in [0.2, 0.25) is 0 Å². The summed E-state index contributed by atoms with van der Waals surface area (Å²) in [5.74, 6) is -0.731. The maximum absolute atomic E-state index is 12.9. The van der Waals surface area contributed by atoms with Crippen LogP contribution in [0, 0.1) is 6.92 Å². The van der Waals surface area contributed by atoms with Crippen LogP contribution in [-0.2, 0) is 10.0 Å². The van der Waals surface area contributed by atoms with Crippen LogP contribution in [0.4, 0.5) is 5.69 Å². The highest BCUT2D eigenvalue weighted by Crippen LogP contribution is 2.27. The summed E-state index contributed by atoms with van der Waals surface area (Å²) in [6, 6.07) is 14.1. The molecule has 0 bridgehead atoms. The van der Waals surface area contributed by atoms with E-state index in [9.17, 15) is 23.1 Å². The Morgan fingerprint density at radius 1 is 1.00 bits per heavy atom. The minimum absolute atomic E-state index is 0.124. The number of hydrogen-bond acceptors (Lipinski definition) is 6. The summed E-state index contributed by atoms with van der Waals surface area (Å²) in [7, 11) is -3.87. The number of phenols is 1. The highest BCUT2D eigenvalue weighted by molar-refractivity contribution is 7.89. The number of nitrogens with zero attached hydrogens (tertiary/aromatic N) is 2. The van der Waals surface area contributed by atoms with Crippen molar-refractivity contribution in [3.05, 3.63) is 77.7 Å². The molecular weight excluding hydrogens is 446 g/mol. The number of hydrogen-bond donors (Lipinski definition) is 2. The van der Waals surface area contributed by atoms with E-state index in [2.05, 4.69) is 5.32 Å². The maximum Gasteiger partial charge on any atom is 0.291 e. The number of amides is 2. The number of benzene rings is 2. The van der Waals surface area contributed by atoms with Gasteiger partial charge >= 0.3 is 0 Å². The first-order valence-corrected chi connectivity index (χ1v) is 11.7. The number of furan rings is 1. The summed E-state index contributed by atoms with van der Waals surface area (Å²) in [4.78, 5) is 26.4. The van der Waals surface area contributed by atoms with Crippen molar-refractivity contribution in [1.82, 2.24) is 9.21 Å². The van der Waals surface area contributed by atoms with E-state index in [1.165, 1.54) is 22.7 Å². The molecule has 2 heterocycles. The summed E-state index contributed by atoms with van der Waals surface area (Å²) < 4.78 is 32.2. The van der Waals surface area contributed by atoms with E-state index >= 15 is 0 Å². The zero-order chi connectivity index (χ0) is 23.6. The maximum atomic E-state index is 12.9. The first kappa shape index (κ1) is 22.6. The van der Waals surface area contributed by atoms with Gasteiger partial charge in [0.1, 0.15) is 10.6 Å². The second kappa shape index (κ2) is 9.08. The molecule has 0 aliphatic carbocycles. The molecule has 0 atom stereocenters. The lowest BCUT2D eigenvalue weighted by atomic mass is 10.1. The van der Waals surface area contributed by atoms with Crippen LogP contribution in [0.15, 0.2) is 70.2 Å². The van der Waals surface area contributed by atoms with Crippen molar-refractivity contribution in [3.63, 3.8) is 0 Å². The second-order valence-electron chi connectivity index (χ2n) is 7.68. The number of phenolic OH excluding ortho intramolecular Hbond substituents is 1. The average Bonchev–Trinajstić information content (AvgIpc) is 3.36. The molecule has 10 heteroatoms. The van der Waals surface area contributed by atoms with Gasteiger partial charge in [0.2, 0.25) is 10.0 Å². The molecule has 1 saturated heterocycles. The SMILES string of the molecule is Cc1ccc(O)c(S(=O)(=O)N2CCN(C(=O)c3ccc(NC(=O)c4ccco4)cc3)CC2)c1. The third-order valence-corrected chi connectivity index (χ3v) is 7.32. The smallest absolute Gasteiger partial charge is 0.291 e. The quantitative estimate of drug-likeness (QED) is 0.593. The summed E-state index contributed by atoms with van der Waals surface area (Å²) in [5.41, 5.74) is 1.67. The molecule has 33 heavy (non-hydrogen) atoms. The van der Waals surface area contributed by atoms with Crippen molar-refractivity contribution in [2.24, 2.45) is 0 Å². The molecule has 1 fully saturated rings. The minimum Gasteiger partial charge on any atom is -0.507 e. The van der Waals surface area contributed by atoms with E-state index < -0.39 is 15.9 Å². The predicted molar refractivity (Wildman–Crippen MR) is 121 cm³/mol. The van der Waals surface area contributed by atoms with Crippen LogP contribution < -0.4 is 5.32 Å². The van der Waals surface area contributed by atoms with E-state index in [-0.39, 0.29) is 48.5 Å². The average molecular weight is 470 g/mol. The largest absolute Gasteiger partial charge is 0.507 e. The van der Waals surface area contributed by atoms with Gasteiger partial charge in [-0.05, 0) is 61.0 Å². The normalized spacial score (nSPS) is 14.8. The predicted octanol–water partition coefficient (Wildman–Crippen LogP) is 2.69. The number of rotatable bonds is 5. The van der Waals surface area contributed by atoms with Crippen LogP contribution in [0.3, 0.4) is 0 Å². The fourth-order valence-electron chi connectivity index (χ4n) is 3.58. The first-order valence-electron chi connectivity index (χ1n) is 10.3. The molecular formula is C23H23N3O6S. The van der Waals surface area contributed by atoms with E-state index in [1.807, 2.05) is 0 Å². The van der Waals surface area contributed by atoms with Gasteiger partial charge in [-0.1, -0.05) is 6.07 Å². The fraction of sp³-hybridized carbons (Fsp3) is 0.217. The minimum atomic E-state index is -3.87. The van der Waals surface area contributed by atoms with Crippen LogP contribution in [0.1, 0.15) is 26.5 Å². The molecule has 2 N–H and O–H groups in total. The lowest BCUT2D eigenvalue weighted by Crippen LogP contribution is -2.50. The van der Waals surface area contributed by atoms with Gasteiger partial charge in [0.05, 0.1) is 6.26 Å². The number of anilines is 1. The number of carbonyl (C=O) groups excluding carboxylic acids is 2. The van der Waals surface area contributed by atoms with Crippen LogP contribution >= 0.6 is 0 Å². The van der Waals surface area contributed by atoms with Gasteiger partial charge in [-0.2, -0.15) is 4.31 Å². The van der Waals surface area contributed by atoms with Crippen molar-refractivity contribution >= 4 is 27.5 Å². The Labute approximate surface area is 191 Å². The second-order valence-corrected chi connectivity index (χ2v) is 9.58. The van der Waals surface area contributed by atoms with Crippen LogP contribution in [0.25, 0.3) is 0 Å². The molecule has 4 rings (SSSR count). The Balaban J connectivity index is 1.38. The Kier molecular flexibility index (Phi) is 6.21. The topological polar surface area (TPSA) is 120 Å². The van der Waals surface area contributed by atoms with E-state index in [0.717, 1.165) is 5.56 Å². The van der Waals surface area contributed by atoms with Gasteiger partial charge in [0.25, 0.3) is 11.8 Å². The molecule has 1 aromatic heterocycles. The summed E-state index contributed by atoms with van der Waals surface area (Å²) in [5, 5.41) is 12.7. The van der Waals surface area contributed by atoms with Gasteiger partial charge in [-0.15, -0.1) is 0 Å². The number of aryl methyl sites for hydroxylation is 1. The molecule has 1 aliphatic rings. The van der Waals surface area contributed by atoms with Crippen LogP contribution in [-0.4, -0.2) is 60.7 Å². The summed E-state index contributed by atoms with van der Waals surface area (Å²) in [6.07, 6.45) is 1.41. The zero-order valence-corrected chi connectivity index (χ0v) is 18.7. The molecule has 1 aliphatic heterocycles. The van der Waals surface area contributed by atoms with Crippen molar-refractivity contribution in [3.8, 4) is 5.75 Å². The summed E-state index contributed by atoms with van der Waals surface area (Å²) >= 11 is 0. The third kappa shape index (κ3) is 4.76. The molecule has 0 radical (unpaired) electrons. The molecule has 0 spiro atoms. The molecule has 0 unspecified atom stereocenters. The lowest BCUT2D eigenvalue weighted by molar-refractivity contribution is 0.0697. The summed E-state index contributed by atoms with van der Waals surface area (Å²) in [6.45, 7) is 2.45. The van der Waals surface area contributed by atoms with E-state index in [4.69, 9.17) is 4.42 Å². The zero-order valence-electron chi connectivity index (χ0n) is 17.9. The van der Waals surface area contributed by atoms with Crippen molar-refractivity contribution in [2.75, 3.05) is 31.5 Å². The number of piperazine rings is 1. The molecule has 3 aromatic rings. The number of sulfonamides is 1. The van der Waals surface area contributed by atoms with Crippen molar-refractivity contribution < 1.29 is 27.5 Å². The Morgan fingerprint density at radius 3 is 2.33 bits per heavy atom. The molecule has 172 valence electrons. The lowest BCUT2D eigenvalue weighted by Gasteiger charge is -2.34. The standard InChI is InChI=1S/C23H23N3O6S/c1-16-4-9-19(27)21(15-16)33(30,31)26-12-10-25(11-13-26)23(29)17-5-7-18(8-6-17)24-22(28)20-3-2-14-32-20/h2-9,14-15,27H,10-13H2,1H3,(H,24,28). The third-order valence-electron chi connectivity index (χ3n) is 5.39. The molecule has 2 amide bonds. The van der Waals surface area contributed by atoms with Crippen molar-refractivity contribution in [2.45, 2.75) is 11.8 Å². The highest BCUT2D eigenvalue weighted by Gasteiger charge is 2.32. The monoisotopic (exact) mass is 469 g/mol. The van der Waals surface area contributed by atoms with E-state index in [1.54, 1.807) is 54.3 Å². The fourth-order valence-corrected chi connectivity index (χ4v) is 5.17. The molecule has 0 saturated carbocycles. The first-order chi connectivity index (χ1) is 15.8. The van der Waals surface area contributed by atoms with E-state index in [0.29, 0.717) is 11.3 Å². The van der Waals surface area contributed by atoms with Gasteiger partial charge in [0, 0.05) is 37.4 Å². The number of aromatic hydroxyl groups is 1. The van der Waals surface area contributed by atoms with Gasteiger partial charge in [-0.3, -0.25) is 9.59 Å². The van der Waals surface area contributed by atoms with Gasteiger partial charge < -0.3 is 19.7 Å².